The molecule has 1 aromatic heterocycles. The average molecular weight is 418 g/mol. The number of hydrogen-bond acceptors (Lipinski definition) is 5. The Morgan fingerprint density at radius 2 is 2.21 bits per heavy atom. The van der Waals surface area contributed by atoms with E-state index in [2.05, 4.69) is 26.0 Å². The first kappa shape index (κ1) is 22.8. The van der Waals surface area contributed by atoms with Gasteiger partial charge in [-0.05, 0) is 31.0 Å². The Labute approximate surface area is 177 Å². The molecule has 0 bridgehead atoms. The molecule has 0 spiro atoms. The van der Waals surface area contributed by atoms with Crippen LogP contribution in [-0.2, 0) is 22.6 Å². The van der Waals surface area contributed by atoms with Crippen LogP contribution in [0.5, 0.6) is 0 Å². The third kappa shape index (κ3) is 7.14. The van der Waals surface area contributed by atoms with E-state index >= 15 is 0 Å². The zero-order valence-electron chi connectivity index (χ0n) is 17.9. The molecule has 8 heteroatoms. The number of rotatable bonds is 9. The Hall–Kier alpha value is -2.45. The number of hydrogen-bond donors (Lipinski definition) is 2. The molecule has 0 aliphatic heterocycles. The van der Waals surface area contributed by atoms with Gasteiger partial charge < -0.3 is 20.3 Å². The third-order valence-corrected chi connectivity index (χ3v) is 5.44. The van der Waals surface area contributed by atoms with Crippen LogP contribution in [0.15, 0.2) is 34.6 Å². The number of methoxy groups -OCH3 is 1. The van der Waals surface area contributed by atoms with E-state index in [0.717, 1.165) is 34.3 Å². The summed E-state index contributed by atoms with van der Waals surface area (Å²) < 4.78 is 5.33. The first-order valence-corrected chi connectivity index (χ1v) is 10.6. The molecule has 29 heavy (non-hydrogen) atoms. The molecule has 1 unspecified atom stereocenters. The van der Waals surface area contributed by atoms with E-state index in [4.69, 9.17) is 4.74 Å². The van der Waals surface area contributed by atoms with E-state index in [9.17, 15) is 4.79 Å². The van der Waals surface area contributed by atoms with Gasteiger partial charge in [0.25, 0.3) is 0 Å². The molecule has 1 heterocycles. The fraction of sp³-hybridized carbons (Fsp3) is 0.476. The lowest BCUT2D eigenvalue weighted by Crippen LogP contribution is -2.38. The number of nitrogens with one attached hydrogen (secondary N) is 2. The zero-order chi connectivity index (χ0) is 21.2. The van der Waals surface area contributed by atoms with E-state index in [0.29, 0.717) is 19.5 Å². The number of aromatic nitrogens is 1. The fourth-order valence-corrected chi connectivity index (χ4v) is 3.62. The molecule has 7 nitrogen and oxygen atoms in total. The van der Waals surface area contributed by atoms with E-state index < -0.39 is 0 Å². The monoisotopic (exact) mass is 417 g/mol. The van der Waals surface area contributed by atoms with Crippen LogP contribution in [0.3, 0.4) is 0 Å². The number of guanidine groups is 1. The predicted molar refractivity (Wildman–Crippen MR) is 119 cm³/mol. The number of aliphatic imine (C=N–C) groups is 1. The quantitative estimate of drug-likeness (QED) is 0.479. The predicted octanol–water partition coefficient (Wildman–Crippen LogP) is 3.80. The number of nitrogens with zero attached hydrogens (tertiary/aromatic N) is 3. The molecule has 1 atom stereocenters. The maximum atomic E-state index is 11.8. The van der Waals surface area contributed by atoms with Gasteiger partial charge in [-0.15, -0.1) is 11.3 Å². The molecule has 1 amide bonds. The number of thiazole rings is 1. The van der Waals surface area contributed by atoms with Gasteiger partial charge in [-0.2, -0.15) is 0 Å². The number of carbonyl (C=O) groups is 1. The van der Waals surface area contributed by atoms with Gasteiger partial charge >= 0.3 is 0 Å². The van der Waals surface area contributed by atoms with Crippen molar-refractivity contribution in [3.05, 3.63) is 45.9 Å². The Kier molecular flexibility index (Phi) is 9.08. The van der Waals surface area contributed by atoms with Crippen molar-refractivity contribution in [1.29, 1.82) is 0 Å². The lowest BCUT2D eigenvalue weighted by Gasteiger charge is -2.21. The van der Waals surface area contributed by atoms with Gasteiger partial charge in [0.2, 0.25) is 5.91 Å². The summed E-state index contributed by atoms with van der Waals surface area (Å²) in [6, 6.07) is 7.85. The van der Waals surface area contributed by atoms with Crippen LogP contribution in [0, 0.1) is 0 Å². The molecular formula is C21H31N5O2S. The second-order valence-electron chi connectivity index (χ2n) is 6.81. The van der Waals surface area contributed by atoms with Crippen LogP contribution >= 0.6 is 11.3 Å². The van der Waals surface area contributed by atoms with Crippen LogP contribution in [0.25, 0.3) is 0 Å². The highest BCUT2D eigenvalue weighted by molar-refractivity contribution is 7.09. The molecule has 0 fully saturated rings. The second-order valence-corrected chi connectivity index (χ2v) is 7.70. The summed E-state index contributed by atoms with van der Waals surface area (Å²) in [5.41, 5.74) is 2.87. The van der Waals surface area contributed by atoms with Gasteiger partial charge in [0.05, 0.1) is 12.2 Å². The van der Waals surface area contributed by atoms with Gasteiger partial charge in [0.1, 0.15) is 11.1 Å². The summed E-state index contributed by atoms with van der Waals surface area (Å²) in [6.45, 7) is 5.25. The van der Waals surface area contributed by atoms with Gasteiger partial charge in [0, 0.05) is 45.2 Å². The van der Waals surface area contributed by atoms with E-state index in [1.807, 2.05) is 50.1 Å². The number of carbonyl (C=O) groups excluding carboxylic acids is 1. The van der Waals surface area contributed by atoms with Crippen LogP contribution < -0.4 is 10.6 Å². The van der Waals surface area contributed by atoms with Gasteiger partial charge in [-0.3, -0.25) is 9.79 Å². The first-order valence-electron chi connectivity index (χ1n) is 9.74. The topological polar surface area (TPSA) is 78.9 Å². The maximum Gasteiger partial charge on any atom is 0.224 e. The van der Waals surface area contributed by atoms with Gasteiger partial charge in [-0.25, -0.2) is 4.98 Å². The summed E-state index contributed by atoms with van der Waals surface area (Å²) >= 11 is 1.61. The van der Waals surface area contributed by atoms with E-state index in [1.54, 1.807) is 25.5 Å². The smallest absolute Gasteiger partial charge is 0.224 e. The minimum Gasteiger partial charge on any atom is -0.375 e. The summed E-state index contributed by atoms with van der Waals surface area (Å²) in [5, 5.41) is 9.32. The molecule has 0 aliphatic carbocycles. The van der Waals surface area contributed by atoms with Crippen LogP contribution in [-0.4, -0.2) is 43.0 Å². The fourth-order valence-electron chi connectivity index (χ4n) is 2.78. The number of ether oxygens (including phenoxy) is 1. The van der Waals surface area contributed by atoms with Crippen molar-refractivity contribution >= 4 is 28.9 Å². The first-order chi connectivity index (χ1) is 14.0. The summed E-state index contributed by atoms with van der Waals surface area (Å²) in [6.07, 6.45) is 1.36. The lowest BCUT2D eigenvalue weighted by atomic mass is 10.2. The average Bonchev–Trinajstić information content (AvgIpc) is 3.16. The minimum absolute atomic E-state index is 0.00147. The van der Waals surface area contributed by atoms with Gasteiger partial charge in [0.15, 0.2) is 5.96 Å². The molecule has 0 saturated heterocycles. The van der Waals surface area contributed by atoms with Crippen LogP contribution in [0.2, 0.25) is 0 Å². The van der Waals surface area contributed by atoms with Gasteiger partial charge in [-0.1, -0.05) is 19.1 Å². The van der Waals surface area contributed by atoms with Crippen molar-refractivity contribution in [1.82, 2.24) is 15.2 Å². The third-order valence-electron chi connectivity index (χ3n) is 4.38. The molecule has 158 valence electrons. The SMILES string of the molecule is CCCC(=O)Nc1cccc(CNC(=NC)N(C)Cc2csc(C(C)OC)n2)c1. The van der Waals surface area contributed by atoms with E-state index in [-0.39, 0.29) is 12.0 Å². The van der Waals surface area contributed by atoms with E-state index in [1.165, 1.54) is 0 Å². The number of anilines is 1. The molecule has 2 N–H and O–H groups in total. The molecule has 0 aliphatic rings. The van der Waals surface area contributed by atoms with Crippen molar-refractivity contribution in [2.24, 2.45) is 4.99 Å². The van der Waals surface area contributed by atoms with Crippen molar-refractivity contribution in [3.8, 4) is 0 Å². The highest BCUT2D eigenvalue weighted by Crippen LogP contribution is 2.21. The molecule has 1 aromatic carbocycles. The minimum atomic E-state index is 0.00147. The highest BCUT2D eigenvalue weighted by atomic mass is 32.1. The Morgan fingerprint density at radius 1 is 1.41 bits per heavy atom. The van der Waals surface area contributed by atoms with Crippen LogP contribution in [0.1, 0.15) is 49.1 Å². The second kappa shape index (κ2) is 11.5. The van der Waals surface area contributed by atoms with Crippen molar-refractivity contribution in [2.45, 2.75) is 45.9 Å². The standard InChI is InChI=1S/C21H31N5O2S/c1-6-8-19(27)24-17-10-7-9-16(11-17)12-23-21(22-3)26(4)13-18-14-29-20(25-18)15(2)28-5/h7,9-11,14-15H,6,8,12-13H2,1-5H3,(H,22,23)(H,24,27). The molecule has 0 saturated carbocycles. The lowest BCUT2D eigenvalue weighted by molar-refractivity contribution is -0.116. The van der Waals surface area contributed by atoms with Crippen molar-refractivity contribution in [3.63, 3.8) is 0 Å². The van der Waals surface area contributed by atoms with Crippen molar-refractivity contribution in [2.75, 3.05) is 26.5 Å². The Bertz CT molecular complexity index is 821. The Morgan fingerprint density at radius 3 is 2.90 bits per heavy atom. The zero-order valence-corrected chi connectivity index (χ0v) is 18.7. The maximum absolute atomic E-state index is 11.8. The Balaban J connectivity index is 1.93. The summed E-state index contributed by atoms with van der Waals surface area (Å²) in [5.74, 6) is 0.818. The summed E-state index contributed by atoms with van der Waals surface area (Å²) in [7, 11) is 5.43. The molecule has 2 rings (SSSR count). The highest BCUT2D eigenvalue weighted by Gasteiger charge is 2.13. The summed E-state index contributed by atoms with van der Waals surface area (Å²) in [4.78, 5) is 22.8. The molecular weight excluding hydrogens is 386 g/mol. The van der Waals surface area contributed by atoms with Crippen molar-refractivity contribution < 1.29 is 9.53 Å². The molecule has 2 aromatic rings. The number of amides is 1. The van der Waals surface area contributed by atoms with Crippen LogP contribution in [0.4, 0.5) is 5.69 Å². The number of benzene rings is 1. The largest absolute Gasteiger partial charge is 0.375 e. The molecule has 0 radical (unpaired) electrons. The normalized spacial score (nSPS) is 12.5.